The van der Waals surface area contributed by atoms with Crippen LogP contribution in [0.1, 0.15) is 85.0 Å². The van der Waals surface area contributed by atoms with Gasteiger partial charge in [-0.3, -0.25) is 0 Å². The molecule has 0 aromatic rings. The first-order valence-electron chi connectivity index (χ1n) is 9.41. The highest BCUT2D eigenvalue weighted by molar-refractivity contribution is 7.99. The second-order valence-electron chi connectivity index (χ2n) is 7.24. The maximum atomic E-state index is 2.74. The molecular weight excluding hydrogens is 274 g/mol. The Balaban J connectivity index is 2.12. The Bertz CT molecular complexity index is 250. The molecule has 126 valence electrons. The monoisotopic (exact) mass is 313 g/mol. The third kappa shape index (κ3) is 8.50. The number of hydrogen-bond acceptors (Lipinski definition) is 2. The second kappa shape index (κ2) is 10.9. The van der Waals surface area contributed by atoms with Gasteiger partial charge in [0.2, 0.25) is 0 Å². The average Bonchev–Trinajstić information content (AvgIpc) is 3.24. The third-order valence-electron chi connectivity index (χ3n) is 5.22. The number of unbranched alkanes of at least 4 members (excludes halogenated alkanes) is 2. The predicted molar refractivity (Wildman–Crippen MR) is 99.4 cm³/mol. The first-order valence-corrected chi connectivity index (χ1v) is 10.7. The van der Waals surface area contributed by atoms with Crippen molar-refractivity contribution in [2.75, 3.05) is 25.9 Å². The first kappa shape index (κ1) is 19.4. The Morgan fingerprint density at radius 3 is 2.29 bits per heavy atom. The summed E-state index contributed by atoms with van der Waals surface area (Å²) in [6.45, 7) is 11.0. The first-order chi connectivity index (χ1) is 10.2. The highest BCUT2D eigenvalue weighted by Crippen LogP contribution is 2.52. The van der Waals surface area contributed by atoms with Gasteiger partial charge in [0.25, 0.3) is 0 Å². The van der Waals surface area contributed by atoms with Gasteiger partial charge in [0.1, 0.15) is 0 Å². The van der Waals surface area contributed by atoms with Crippen LogP contribution in [0.5, 0.6) is 0 Å². The normalized spacial score (nSPS) is 18.1. The minimum Gasteiger partial charge on any atom is -0.303 e. The highest BCUT2D eigenvalue weighted by atomic mass is 32.2. The van der Waals surface area contributed by atoms with Gasteiger partial charge in [0.05, 0.1) is 0 Å². The molecule has 0 bridgehead atoms. The van der Waals surface area contributed by atoms with Crippen molar-refractivity contribution >= 4 is 11.8 Å². The Morgan fingerprint density at radius 1 is 0.952 bits per heavy atom. The highest BCUT2D eigenvalue weighted by Gasteiger charge is 2.40. The standard InChI is InChI=1S/C19H39NS/c1-5-11-19(12-13-19)14-17-20(15-6-2)16-9-7-8-10-18(3)21-4/h18H,5-17H2,1-4H3/t18-/m0/s1. The minimum atomic E-state index is 0.772. The molecule has 1 aliphatic carbocycles. The molecule has 0 aromatic heterocycles. The molecule has 2 heteroatoms. The number of nitrogens with zero attached hydrogens (tertiary/aromatic N) is 1. The van der Waals surface area contributed by atoms with E-state index in [9.17, 15) is 0 Å². The molecule has 1 nitrogen and oxygen atoms in total. The van der Waals surface area contributed by atoms with Gasteiger partial charge in [0, 0.05) is 5.25 Å². The fraction of sp³-hybridized carbons (Fsp3) is 1.00. The molecule has 0 aromatic carbocycles. The molecule has 0 aliphatic heterocycles. The molecule has 0 saturated heterocycles. The molecule has 1 atom stereocenters. The van der Waals surface area contributed by atoms with E-state index in [0.29, 0.717) is 0 Å². The lowest BCUT2D eigenvalue weighted by Gasteiger charge is -2.24. The fourth-order valence-electron chi connectivity index (χ4n) is 3.44. The average molecular weight is 314 g/mol. The van der Waals surface area contributed by atoms with Crippen LogP contribution >= 0.6 is 11.8 Å². The van der Waals surface area contributed by atoms with Gasteiger partial charge < -0.3 is 4.90 Å². The van der Waals surface area contributed by atoms with Crippen LogP contribution in [-0.4, -0.2) is 36.0 Å². The van der Waals surface area contributed by atoms with E-state index in [2.05, 4.69) is 31.9 Å². The quantitative estimate of drug-likeness (QED) is 0.363. The number of thioether (sulfide) groups is 1. The van der Waals surface area contributed by atoms with Gasteiger partial charge >= 0.3 is 0 Å². The fourth-order valence-corrected chi connectivity index (χ4v) is 3.84. The van der Waals surface area contributed by atoms with Crippen LogP contribution in [-0.2, 0) is 0 Å². The Hall–Kier alpha value is 0.310. The van der Waals surface area contributed by atoms with Gasteiger partial charge in [-0.1, -0.05) is 40.0 Å². The van der Waals surface area contributed by atoms with E-state index in [0.717, 1.165) is 10.7 Å². The molecule has 0 unspecified atom stereocenters. The van der Waals surface area contributed by atoms with Crippen molar-refractivity contribution in [1.82, 2.24) is 4.90 Å². The summed E-state index contributed by atoms with van der Waals surface area (Å²) in [6.07, 6.45) is 16.5. The van der Waals surface area contributed by atoms with Gasteiger partial charge in [-0.2, -0.15) is 11.8 Å². The zero-order chi connectivity index (χ0) is 15.6. The van der Waals surface area contributed by atoms with Crippen molar-refractivity contribution in [2.24, 2.45) is 5.41 Å². The van der Waals surface area contributed by atoms with Crippen LogP contribution in [0.4, 0.5) is 0 Å². The summed E-state index contributed by atoms with van der Waals surface area (Å²) in [5.74, 6) is 0. The van der Waals surface area contributed by atoms with Crippen molar-refractivity contribution < 1.29 is 0 Å². The molecule has 0 spiro atoms. The van der Waals surface area contributed by atoms with Gasteiger partial charge in [-0.25, -0.2) is 0 Å². The summed E-state index contributed by atoms with van der Waals surface area (Å²) >= 11 is 2.01. The Kier molecular flexibility index (Phi) is 10.1. The van der Waals surface area contributed by atoms with E-state index < -0.39 is 0 Å². The lowest BCUT2D eigenvalue weighted by molar-refractivity contribution is 0.236. The molecular formula is C19H39NS. The van der Waals surface area contributed by atoms with Gasteiger partial charge in [-0.05, 0) is 76.3 Å². The van der Waals surface area contributed by atoms with E-state index in [4.69, 9.17) is 0 Å². The molecule has 1 aliphatic rings. The molecule has 0 amide bonds. The molecule has 0 N–H and O–H groups in total. The maximum absolute atomic E-state index is 2.74. The largest absolute Gasteiger partial charge is 0.303 e. The second-order valence-corrected chi connectivity index (χ2v) is 8.51. The van der Waals surface area contributed by atoms with Crippen LogP contribution in [0.3, 0.4) is 0 Å². The topological polar surface area (TPSA) is 3.24 Å². The van der Waals surface area contributed by atoms with E-state index in [1.165, 1.54) is 83.8 Å². The van der Waals surface area contributed by atoms with Crippen molar-refractivity contribution in [2.45, 2.75) is 90.2 Å². The van der Waals surface area contributed by atoms with Crippen LogP contribution in [0.15, 0.2) is 0 Å². The summed E-state index contributed by atoms with van der Waals surface area (Å²) in [5, 5.41) is 0.848. The molecule has 21 heavy (non-hydrogen) atoms. The van der Waals surface area contributed by atoms with Crippen LogP contribution < -0.4 is 0 Å². The maximum Gasteiger partial charge on any atom is 0.00159 e. The van der Waals surface area contributed by atoms with E-state index >= 15 is 0 Å². The molecule has 0 heterocycles. The summed E-state index contributed by atoms with van der Waals surface area (Å²) in [7, 11) is 0. The van der Waals surface area contributed by atoms with E-state index in [-0.39, 0.29) is 0 Å². The van der Waals surface area contributed by atoms with E-state index in [1.54, 1.807) is 0 Å². The predicted octanol–water partition coefficient (Wildman–Crippen LogP) is 5.98. The van der Waals surface area contributed by atoms with Crippen molar-refractivity contribution in [3.63, 3.8) is 0 Å². The summed E-state index contributed by atoms with van der Waals surface area (Å²) in [6, 6.07) is 0. The summed E-state index contributed by atoms with van der Waals surface area (Å²) < 4.78 is 0. The van der Waals surface area contributed by atoms with Gasteiger partial charge in [0.15, 0.2) is 0 Å². The molecule has 0 radical (unpaired) electrons. The number of rotatable bonds is 14. The smallest absolute Gasteiger partial charge is 0.00159 e. The summed E-state index contributed by atoms with van der Waals surface area (Å²) in [4.78, 5) is 2.74. The van der Waals surface area contributed by atoms with Gasteiger partial charge in [-0.15, -0.1) is 0 Å². The molecule has 1 saturated carbocycles. The molecule has 1 fully saturated rings. The SMILES string of the molecule is CCCN(CCCCC[C@H](C)SC)CCC1(CCC)CC1. The van der Waals surface area contributed by atoms with Crippen LogP contribution in [0, 0.1) is 5.41 Å². The summed E-state index contributed by atoms with van der Waals surface area (Å²) in [5.41, 5.74) is 0.772. The van der Waals surface area contributed by atoms with Crippen molar-refractivity contribution in [3.05, 3.63) is 0 Å². The zero-order valence-electron chi connectivity index (χ0n) is 15.1. The Labute approximate surface area is 138 Å². The van der Waals surface area contributed by atoms with Crippen LogP contribution in [0.25, 0.3) is 0 Å². The number of hydrogen-bond donors (Lipinski definition) is 0. The van der Waals surface area contributed by atoms with Crippen LogP contribution in [0.2, 0.25) is 0 Å². The van der Waals surface area contributed by atoms with Crippen molar-refractivity contribution in [3.8, 4) is 0 Å². The Morgan fingerprint density at radius 2 is 1.71 bits per heavy atom. The molecule has 1 rings (SSSR count). The lowest BCUT2D eigenvalue weighted by Crippen LogP contribution is -2.28. The van der Waals surface area contributed by atoms with E-state index in [1.807, 2.05) is 11.8 Å². The lowest BCUT2D eigenvalue weighted by atomic mass is 9.96. The zero-order valence-corrected chi connectivity index (χ0v) is 15.9. The third-order valence-corrected chi connectivity index (χ3v) is 6.26. The minimum absolute atomic E-state index is 0.772. The van der Waals surface area contributed by atoms with Crippen molar-refractivity contribution in [1.29, 1.82) is 0 Å².